The van der Waals surface area contributed by atoms with Crippen LogP contribution in [0.25, 0.3) is 0 Å². The summed E-state index contributed by atoms with van der Waals surface area (Å²) < 4.78 is 0. The van der Waals surface area contributed by atoms with E-state index < -0.39 is 0 Å². The van der Waals surface area contributed by atoms with Crippen LogP contribution in [0.5, 0.6) is 5.75 Å². The highest BCUT2D eigenvalue weighted by molar-refractivity contribution is 5.96. The molecule has 1 unspecified atom stereocenters. The average Bonchev–Trinajstić information content (AvgIpc) is 2.89. The maximum absolute atomic E-state index is 12.5. The van der Waals surface area contributed by atoms with Crippen LogP contribution >= 0.6 is 0 Å². The first kappa shape index (κ1) is 13.9. The number of carbonyl (C=O) groups is 1. The van der Waals surface area contributed by atoms with Crippen molar-refractivity contribution >= 4 is 11.6 Å². The topological polar surface area (TPSA) is 61.4 Å². The molecular formula is C15H22N2O2. The molecule has 1 aromatic carbocycles. The first-order valence-corrected chi connectivity index (χ1v) is 6.81. The molecule has 1 aliphatic rings. The molecule has 4 nitrogen and oxygen atoms in total. The monoisotopic (exact) mass is 262 g/mol. The highest BCUT2D eigenvalue weighted by Gasteiger charge is 2.39. The van der Waals surface area contributed by atoms with E-state index in [1.54, 1.807) is 0 Å². The first-order valence-electron chi connectivity index (χ1n) is 6.81. The maximum atomic E-state index is 12.5. The number of benzene rings is 1. The molecule has 0 radical (unpaired) electrons. The number of nitrogens with one attached hydrogen (secondary N) is 2. The van der Waals surface area contributed by atoms with Gasteiger partial charge in [-0.3, -0.25) is 4.79 Å². The minimum atomic E-state index is -0.313. The van der Waals surface area contributed by atoms with Crippen molar-refractivity contribution in [2.24, 2.45) is 5.41 Å². The second-order valence-corrected chi connectivity index (χ2v) is 5.42. The smallest absolute Gasteiger partial charge is 0.231 e. The van der Waals surface area contributed by atoms with Gasteiger partial charge in [-0.25, -0.2) is 0 Å². The lowest BCUT2D eigenvalue weighted by molar-refractivity contribution is -0.124. The molecule has 0 aromatic heterocycles. The second-order valence-electron chi connectivity index (χ2n) is 5.42. The zero-order chi connectivity index (χ0) is 14.0. The quantitative estimate of drug-likeness (QED) is 0.783. The van der Waals surface area contributed by atoms with Crippen LogP contribution in [-0.2, 0) is 4.79 Å². The maximum Gasteiger partial charge on any atom is 0.231 e. The zero-order valence-corrected chi connectivity index (χ0v) is 11.8. The summed E-state index contributed by atoms with van der Waals surface area (Å²) in [7, 11) is 0. The van der Waals surface area contributed by atoms with Gasteiger partial charge in [0.2, 0.25) is 5.91 Å². The van der Waals surface area contributed by atoms with Crippen molar-refractivity contribution in [3.8, 4) is 5.75 Å². The van der Waals surface area contributed by atoms with Crippen molar-refractivity contribution < 1.29 is 9.90 Å². The lowest BCUT2D eigenvalue weighted by Gasteiger charge is -2.25. The third-order valence-electron chi connectivity index (χ3n) is 4.28. The van der Waals surface area contributed by atoms with Gasteiger partial charge in [-0.1, -0.05) is 13.0 Å². The molecule has 1 atom stereocenters. The Bertz CT molecular complexity index is 491. The third-order valence-corrected chi connectivity index (χ3v) is 4.28. The Morgan fingerprint density at radius 1 is 1.47 bits per heavy atom. The number of aryl methyl sites for hydroxylation is 1. The highest BCUT2D eigenvalue weighted by Crippen LogP contribution is 2.33. The van der Waals surface area contributed by atoms with Crippen molar-refractivity contribution in [1.29, 1.82) is 0 Å². The molecular weight excluding hydrogens is 240 g/mol. The normalized spacial score (nSPS) is 22.5. The summed E-state index contributed by atoms with van der Waals surface area (Å²) >= 11 is 0. The Kier molecular flexibility index (Phi) is 3.80. The van der Waals surface area contributed by atoms with E-state index in [2.05, 4.69) is 10.6 Å². The molecule has 2 rings (SSSR count). The van der Waals surface area contributed by atoms with Gasteiger partial charge >= 0.3 is 0 Å². The summed E-state index contributed by atoms with van der Waals surface area (Å²) in [6.07, 6.45) is 1.69. The van der Waals surface area contributed by atoms with Crippen LogP contribution in [0.15, 0.2) is 12.1 Å². The number of hydrogen-bond acceptors (Lipinski definition) is 3. The van der Waals surface area contributed by atoms with Crippen LogP contribution in [-0.4, -0.2) is 24.1 Å². The number of anilines is 1. The van der Waals surface area contributed by atoms with Crippen LogP contribution in [0.4, 0.5) is 5.69 Å². The van der Waals surface area contributed by atoms with Crippen LogP contribution in [0.3, 0.4) is 0 Å². The summed E-state index contributed by atoms with van der Waals surface area (Å²) in [5.41, 5.74) is 1.94. The largest absolute Gasteiger partial charge is 0.507 e. The molecule has 0 saturated carbocycles. The third kappa shape index (κ3) is 2.45. The molecule has 19 heavy (non-hydrogen) atoms. The van der Waals surface area contributed by atoms with Gasteiger partial charge in [0.05, 0.1) is 5.41 Å². The van der Waals surface area contributed by atoms with Gasteiger partial charge in [0.15, 0.2) is 0 Å². The molecule has 1 aliphatic heterocycles. The molecule has 3 N–H and O–H groups in total. The van der Waals surface area contributed by atoms with Crippen LogP contribution in [0, 0.1) is 19.3 Å². The van der Waals surface area contributed by atoms with Gasteiger partial charge in [0, 0.05) is 17.8 Å². The van der Waals surface area contributed by atoms with Gasteiger partial charge in [-0.2, -0.15) is 0 Å². The molecule has 4 heteroatoms. The van der Waals surface area contributed by atoms with Gasteiger partial charge < -0.3 is 15.7 Å². The molecule has 104 valence electrons. The van der Waals surface area contributed by atoms with E-state index in [0.29, 0.717) is 5.69 Å². The first-order chi connectivity index (χ1) is 9.00. The van der Waals surface area contributed by atoms with E-state index in [0.717, 1.165) is 37.1 Å². The molecule has 1 saturated heterocycles. The van der Waals surface area contributed by atoms with E-state index >= 15 is 0 Å². The summed E-state index contributed by atoms with van der Waals surface area (Å²) in [6, 6.07) is 3.68. The van der Waals surface area contributed by atoms with E-state index in [-0.39, 0.29) is 17.1 Å². The fourth-order valence-corrected chi connectivity index (χ4v) is 2.63. The van der Waals surface area contributed by atoms with Gasteiger partial charge in [0.1, 0.15) is 5.75 Å². The molecule has 1 amide bonds. The Morgan fingerprint density at radius 3 is 2.79 bits per heavy atom. The molecule has 0 bridgehead atoms. The Labute approximate surface area is 114 Å². The molecule has 0 aliphatic carbocycles. The SMILES string of the molecule is CCC1(C(=O)Nc2ccc(C)c(O)c2C)CCNC1. The number of carbonyl (C=O) groups excluding carboxylic acids is 1. The van der Waals surface area contributed by atoms with Crippen LogP contribution in [0.1, 0.15) is 30.9 Å². The number of phenolic OH excluding ortho intramolecular Hbond substituents is 1. The van der Waals surface area contributed by atoms with Crippen molar-refractivity contribution in [3.63, 3.8) is 0 Å². The minimum absolute atomic E-state index is 0.0475. The van der Waals surface area contributed by atoms with Gasteiger partial charge in [-0.05, 0) is 44.9 Å². The molecule has 1 aromatic rings. The van der Waals surface area contributed by atoms with E-state index in [1.165, 1.54) is 0 Å². The summed E-state index contributed by atoms with van der Waals surface area (Å²) in [4.78, 5) is 12.5. The lowest BCUT2D eigenvalue weighted by atomic mass is 9.83. The highest BCUT2D eigenvalue weighted by atomic mass is 16.3. The Balaban J connectivity index is 2.22. The van der Waals surface area contributed by atoms with Gasteiger partial charge in [0.25, 0.3) is 0 Å². The van der Waals surface area contributed by atoms with Gasteiger partial charge in [-0.15, -0.1) is 0 Å². The zero-order valence-electron chi connectivity index (χ0n) is 11.8. The van der Waals surface area contributed by atoms with E-state index in [9.17, 15) is 9.90 Å². The Morgan fingerprint density at radius 2 is 2.21 bits per heavy atom. The number of rotatable bonds is 3. The molecule has 0 spiro atoms. The number of aromatic hydroxyl groups is 1. The fraction of sp³-hybridized carbons (Fsp3) is 0.533. The summed E-state index contributed by atoms with van der Waals surface area (Å²) in [6.45, 7) is 7.34. The van der Waals surface area contributed by atoms with Crippen molar-refractivity contribution in [2.75, 3.05) is 18.4 Å². The minimum Gasteiger partial charge on any atom is -0.507 e. The van der Waals surface area contributed by atoms with Crippen molar-refractivity contribution in [3.05, 3.63) is 23.3 Å². The van der Waals surface area contributed by atoms with Crippen LogP contribution < -0.4 is 10.6 Å². The van der Waals surface area contributed by atoms with Crippen LogP contribution in [0.2, 0.25) is 0 Å². The summed E-state index contributed by atoms with van der Waals surface area (Å²) in [5.74, 6) is 0.305. The predicted molar refractivity (Wildman–Crippen MR) is 76.4 cm³/mol. The lowest BCUT2D eigenvalue weighted by Crippen LogP contribution is -2.37. The van der Waals surface area contributed by atoms with E-state index in [4.69, 9.17) is 0 Å². The fourth-order valence-electron chi connectivity index (χ4n) is 2.63. The van der Waals surface area contributed by atoms with Crippen molar-refractivity contribution in [2.45, 2.75) is 33.6 Å². The number of hydrogen-bond donors (Lipinski definition) is 3. The second kappa shape index (κ2) is 5.21. The van der Waals surface area contributed by atoms with Crippen molar-refractivity contribution in [1.82, 2.24) is 5.32 Å². The predicted octanol–water partition coefficient (Wildman–Crippen LogP) is 2.34. The average molecular weight is 262 g/mol. The molecule has 1 fully saturated rings. The number of amides is 1. The standard InChI is InChI=1S/C15H22N2O2/c1-4-15(7-8-16-9-15)14(19)17-12-6-5-10(2)13(18)11(12)3/h5-6,16,18H,4,7-9H2,1-3H3,(H,17,19). The number of phenols is 1. The summed E-state index contributed by atoms with van der Waals surface area (Å²) in [5, 5.41) is 16.2. The molecule has 1 heterocycles. The van der Waals surface area contributed by atoms with E-state index in [1.807, 2.05) is 32.9 Å². The Hall–Kier alpha value is -1.55.